The van der Waals surface area contributed by atoms with Crippen LogP contribution in [0.25, 0.3) is 0 Å². The van der Waals surface area contributed by atoms with Crippen molar-refractivity contribution >= 4 is 0 Å². The molecule has 0 aromatic heterocycles. The van der Waals surface area contributed by atoms with Gasteiger partial charge >= 0.3 is 0 Å². The van der Waals surface area contributed by atoms with Crippen LogP contribution in [-0.2, 0) is 4.74 Å². The Morgan fingerprint density at radius 2 is 1.88 bits per heavy atom. The summed E-state index contributed by atoms with van der Waals surface area (Å²) in [6.07, 6.45) is 7.00. The van der Waals surface area contributed by atoms with Gasteiger partial charge in [-0.1, -0.05) is 33.6 Å². The summed E-state index contributed by atoms with van der Waals surface area (Å²) in [5, 5.41) is 3.60. The maximum Gasteiger partial charge on any atom is 0.0671 e. The van der Waals surface area contributed by atoms with E-state index in [1.165, 1.54) is 25.7 Å². The topological polar surface area (TPSA) is 21.3 Å². The summed E-state index contributed by atoms with van der Waals surface area (Å²) >= 11 is 0. The van der Waals surface area contributed by atoms with E-state index in [0.29, 0.717) is 11.5 Å². The van der Waals surface area contributed by atoms with Crippen molar-refractivity contribution in [1.82, 2.24) is 5.32 Å². The first-order valence-electron chi connectivity index (χ1n) is 6.82. The molecule has 0 saturated heterocycles. The van der Waals surface area contributed by atoms with Gasteiger partial charge in [0.1, 0.15) is 0 Å². The van der Waals surface area contributed by atoms with Gasteiger partial charge in [-0.2, -0.15) is 0 Å². The van der Waals surface area contributed by atoms with Crippen molar-refractivity contribution < 1.29 is 4.74 Å². The van der Waals surface area contributed by atoms with Crippen LogP contribution >= 0.6 is 0 Å². The summed E-state index contributed by atoms with van der Waals surface area (Å²) in [6, 6.07) is 0.758. The Labute approximate surface area is 101 Å². The molecule has 1 saturated carbocycles. The Balaban J connectivity index is 2.00. The Kier molecular flexibility index (Phi) is 5.77. The van der Waals surface area contributed by atoms with Crippen LogP contribution in [0.4, 0.5) is 0 Å². The second kappa shape index (κ2) is 6.61. The van der Waals surface area contributed by atoms with Crippen molar-refractivity contribution in [3.8, 4) is 0 Å². The molecule has 1 aliphatic carbocycles. The monoisotopic (exact) mass is 227 g/mol. The van der Waals surface area contributed by atoms with Gasteiger partial charge in [0.25, 0.3) is 0 Å². The lowest BCUT2D eigenvalue weighted by Crippen LogP contribution is -2.34. The van der Waals surface area contributed by atoms with Gasteiger partial charge < -0.3 is 10.1 Å². The zero-order valence-electron chi connectivity index (χ0n) is 11.5. The van der Waals surface area contributed by atoms with E-state index in [2.05, 4.69) is 33.0 Å². The second-order valence-corrected chi connectivity index (χ2v) is 6.38. The molecule has 2 nitrogen and oxygen atoms in total. The average molecular weight is 227 g/mol. The molecule has 0 heterocycles. The minimum Gasteiger partial charge on any atom is -0.377 e. The zero-order valence-corrected chi connectivity index (χ0v) is 11.5. The van der Waals surface area contributed by atoms with Gasteiger partial charge in [0.15, 0.2) is 0 Å². The van der Waals surface area contributed by atoms with E-state index in [-0.39, 0.29) is 0 Å². The van der Waals surface area contributed by atoms with Crippen molar-refractivity contribution in [2.24, 2.45) is 5.41 Å². The molecule has 96 valence electrons. The zero-order chi connectivity index (χ0) is 12.0. The van der Waals surface area contributed by atoms with Crippen molar-refractivity contribution in [2.45, 2.75) is 71.9 Å². The second-order valence-electron chi connectivity index (χ2n) is 6.38. The third-order valence-corrected chi connectivity index (χ3v) is 3.30. The van der Waals surface area contributed by atoms with Crippen LogP contribution in [-0.4, -0.2) is 25.3 Å². The molecule has 1 N–H and O–H groups in total. The number of nitrogens with one attached hydrogen (secondary N) is 1. The smallest absolute Gasteiger partial charge is 0.0671 e. The fourth-order valence-corrected chi connectivity index (χ4v) is 2.09. The Bertz CT molecular complexity index is 180. The normalized spacial score (nSPS) is 20.2. The standard InChI is InChI=1S/C14H29NO/c1-12(16-10-9-14(2,3)4)11-15-13-7-5-6-8-13/h12-13,15H,5-11H2,1-4H3. The molecule has 0 bridgehead atoms. The molecule has 0 amide bonds. The van der Waals surface area contributed by atoms with Crippen LogP contribution in [0.15, 0.2) is 0 Å². The van der Waals surface area contributed by atoms with Gasteiger partial charge in [-0.05, 0) is 31.6 Å². The van der Waals surface area contributed by atoms with Gasteiger partial charge in [-0.15, -0.1) is 0 Å². The van der Waals surface area contributed by atoms with Crippen LogP contribution in [0.1, 0.15) is 59.8 Å². The van der Waals surface area contributed by atoms with Crippen molar-refractivity contribution in [3.05, 3.63) is 0 Å². The van der Waals surface area contributed by atoms with Gasteiger partial charge in [0, 0.05) is 19.2 Å². The molecular formula is C14H29NO. The number of hydrogen-bond donors (Lipinski definition) is 1. The van der Waals surface area contributed by atoms with E-state index < -0.39 is 0 Å². The molecule has 1 unspecified atom stereocenters. The van der Waals surface area contributed by atoms with E-state index in [4.69, 9.17) is 4.74 Å². The van der Waals surface area contributed by atoms with Crippen molar-refractivity contribution in [3.63, 3.8) is 0 Å². The van der Waals surface area contributed by atoms with Gasteiger partial charge in [-0.25, -0.2) is 0 Å². The minimum absolute atomic E-state index is 0.350. The Morgan fingerprint density at radius 3 is 2.44 bits per heavy atom. The highest BCUT2D eigenvalue weighted by molar-refractivity contribution is 4.74. The lowest BCUT2D eigenvalue weighted by molar-refractivity contribution is 0.0477. The molecule has 0 aromatic rings. The summed E-state index contributed by atoms with van der Waals surface area (Å²) in [7, 11) is 0. The highest BCUT2D eigenvalue weighted by atomic mass is 16.5. The van der Waals surface area contributed by atoms with Crippen molar-refractivity contribution in [1.29, 1.82) is 0 Å². The highest BCUT2D eigenvalue weighted by Crippen LogP contribution is 2.19. The van der Waals surface area contributed by atoms with Crippen LogP contribution in [0.2, 0.25) is 0 Å². The van der Waals surface area contributed by atoms with Gasteiger partial charge in [0.2, 0.25) is 0 Å². The molecule has 0 aromatic carbocycles. The van der Waals surface area contributed by atoms with E-state index in [9.17, 15) is 0 Å². The van der Waals surface area contributed by atoms with Crippen LogP contribution < -0.4 is 5.32 Å². The molecule has 1 rings (SSSR count). The van der Waals surface area contributed by atoms with Crippen LogP contribution in [0.3, 0.4) is 0 Å². The summed E-state index contributed by atoms with van der Waals surface area (Å²) in [6.45, 7) is 10.9. The number of ether oxygens (including phenoxy) is 1. The fourth-order valence-electron chi connectivity index (χ4n) is 2.09. The first-order valence-corrected chi connectivity index (χ1v) is 6.82. The van der Waals surface area contributed by atoms with Gasteiger partial charge in [-0.3, -0.25) is 0 Å². The summed E-state index contributed by atoms with van der Waals surface area (Å²) < 4.78 is 5.82. The molecule has 1 aliphatic rings. The van der Waals surface area contributed by atoms with E-state index >= 15 is 0 Å². The number of hydrogen-bond acceptors (Lipinski definition) is 2. The van der Waals surface area contributed by atoms with Crippen LogP contribution in [0, 0.1) is 5.41 Å². The van der Waals surface area contributed by atoms with E-state index in [0.717, 1.165) is 25.6 Å². The van der Waals surface area contributed by atoms with E-state index in [1.807, 2.05) is 0 Å². The van der Waals surface area contributed by atoms with Gasteiger partial charge in [0.05, 0.1) is 6.10 Å². The third kappa shape index (κ3) is 6.49. The summed E-state index contributed by atoms with van der Waals surface area (Å²) in [5.74, 6) is 0. The predicted molar refractivity (Wildman–Crippen MR) is 69.7 cm³/mol. The first-order chi connectivity index (χ1) is 7.47. The quantitative estimate of drug-likeness (QED) is 0.751. The predicted octanol–water partition coefficient (Wildman–Crippen LogP) is 3.36. The largest absolute Gasteiger partial charge is 0.377 e. The maximum absolute atomic E-state index is 5.82. The Hall–Kier alpha value is -0.0800. The maximum atomic E-state index is 5.82. The first kappa shape index (κ1) is 14.0. The average Bonchev–Trinajstić information content (AvgIpc) is 2.65. The fraction of sp³-hybridized carbons (Fsp3) is 1.00. The number of rotatable bonds is 6. The lowest BCUT2D eigenvalue weighted by atomic mass is 9.93. The van der Waals surface area contributed by atoms with Crippen LogP contribution in [0.5, 0.6) is 0 Å². The molecule has 0 radical (unpaired) electrons. The molecular weight excluding hydrogens is 198 g/mol. The lowest BCUT2D eigenvalue weighted by Gasteiger charge is -2.21. The molecule has 1 atom stereocenters. The Morgan fingerprint density at radius 1 is 1.25 bits per heavy atom. The molecule has 0 aliphatic heterocycles. The highest BCUT2D eigenvalue weighted by Gasteiger charge is 2.15. The molecule has 1 fully saturated rings. The molecule has 2 heteroatoms. The molecule has 16 heavy (non-hydrogen) atoms. The third-order valence-electron chi connectivity index (χ3n) is 3.30. The van der Waals surface area contributed by atoms with E-state index in [1.54, 1.807) is 0 Å². The molecule has 0 spiro atoms. The SMILES string of the molecule is CC(CNC1CCCC1)OCCC(C)(C)C. The van der Waals surface area contributed by atoms with Crippen molar-refractivity contribution in [2.75, 3.05) is 13.2 Å². The summed E-state index contributed by atoms with van der Waals surface area (Å²) in [4.78, 5) is 0. The minimum atomic E-state index is 0.350. The summed E-state index contributed by atoms with van der Waals surface area (Å²) in [5.41, 5.74) is 0.388.